The highest BCUT2D eigenvalue weighted by atomic mass is 32.2. The Morgan fingerprint density at radius 1 is 1.08 bits per heavy atom. The van der Waals surface area contributed by atoms with Crippen LogP contribution in [-0.4, -0.2) is 48.0 Å². The quantitative estimate of drug-likeness (QED) is 0.836. The Balaban J connectivity index is 1.76. The predicted molar refractivity (Wildman–Crippen MR) is 103 cm³/mol. The molecule has 0 bridgehead atoms. The fraction of sp³-hybridized carbons (Fsp3) is 0.368. The molecule has 3 rings (SSSR count). The van der Waals surface area contributed by atoms with Gasteiger partial charge in [0.15, 0.2) is 9.84 Å². The number of hydrogen-bond acceptors (Lipinski definition) is 6. The van der Waals surface area contributed by atoms with Gasteiger partial charge in [-0.15, -0.1) is 0 Å². The van der Waals surface area contributed by atoms with Crippen molar-refractivity contribution in [3.05, 3.63) is 42.5 Å². The van der Waals surface area contributed by atoms with Crippen molar-refractivity contribution in [3.8, 4) is 11.5 Å². The van der Waals surface area contributed by atoms with Crippen LogP contribution in [0.4, 0.5) is 11.4 Å². The Morgan fingerprint density at radius 3 is 2.35 bits per heavy atom. The predicted octanol–water partition coefficient (Wildman–Crippen LogP) is 2.80. The maximum Gasteiger partial charge on any atom is 0.177 e. The van der Waals surface area contributed by atoms with E-state index in [0.717, 1.165) is 36.7 Å². The van der Waals surface area contributed by atoms with E-state index in [-0.39, 0.29) is 6.04 Å². The van der Waals surface area contributed by atoms with E-state index in [1.165, 1.54) is 6.26 Å². The molecule has 0 aromatic heterocycles. The Labute approximate surface area is 154 Å². The van der Waals surface area contributed by atoms with E-state index < -0.39 is 9.84 Å². The van der Waals surface area contributed by atoms with Crippen molar-refractivity contribution in [1.29, 1.82) is 0 Å². The van der Waals surface area contributed by atoms with Gasteiger partial charge >= 0.3 is 0 Å². The minimum atomic E-state index is -3.27. The van der Waals surface area contributed by atoms with E-state index in [9.17, 15) is 8.42 Å². The van der Waals surface area contributed by atoms with E-state index in [1.54, 1.807) is 26.4 Å². The van der Waals surface area contributed by atoms with Crippen LogP contribution in [0.5, 0.6) is 11.5 Å². The van der Waals surface area contributed by atoms with Gasteiger partial charge in [0.25, 0.3) is 0 Å². The van der Waals surface area contributed by atoms with Crippen molar-refractivity contribution >= 4 is 21.2 Å². The number of benzene rings is 2. The number of rotatable bonds is 6. The topological polar surface area (TPSA) is 67.9 Å². The molecule has 0 saturated carbocycles. The zero-order valence-electron chi connectivity index (χ0n) is 15.2. The van der Waals surface area contributed by atoms with E-state index in [4.69, 9.17) is 9.47 Å². The summed E-state index contributed by atoms with van der Waals surface area (Å²) in [5.74, 6) is 1.50. The first kappa shape index (κ1) is 18.4. The summed E-state index contributed by atoms with van der Waals surface area (Å²) in [6, 6.07) is 13.0. The number of anilines is 2. The summed E-state index contributed by atoms with van der Waals surface area (Å²) in [4.78, 5) is 2.58. The number of para-hydroxylation sites is 1. The average molecular weight is 376 g/mol. The van der Waals surface area contributed by atoms with Gasteiger partial charge in [0.05, 0.1) is 24.8 Å². The van der Waals surface area contributed by atoms with Crippen LogP contribution < -0.4 is 19.7 Å². The van der Waals surface area contributed by atoms with Crippen molar-refractivity contribution in [2.45, 2.75) is 17.4 Å². The molecule has 1 saturated heterocycles. The lowest BCUT2D eigenvalue weighted by atomic mass is 10.2. The molecular formula is C19H24N2O4S. The highest BCUT2D eigenvalue weighted by Crippen LogP contribution is 2.31. The fourth-order valence-electron chi connectivity index (χ4n) is 3.22. The standard InChI is InChI=1S/C19H24N2O4S/c1-24-16-10-15(11-17(12-16)25-2)21-9-8-14(13-21)20-18-6-4-5-7-19(18)26(3,22)23/h4-7,10-12,14,20H,8-9,13H2,1-3H3. The first-order valence-electron chi connectivity index (χ1n) is 8.44. The van der Waals surface area contributed by atoms with Crippen molar-refractivity contribution in [2.75, 3.05) is 43.8 Å². The molecule has 0 spiro atoms. The van der Waals surface area contributed by atoms with Crippen LogP contribution in [0.3, 0.4) is 0 Å². The van der Waals surface area contributed by atoms with Gasteiger partial charge in [0, 0.05) is 49.3 Å². The first-order valence-corrected chi connectivity index (χ1v) is 10.3. The highest BCUT2D eigenvalue weighted by Gasteiger charge is 2.25. The molecule has 2 aromatic carbocycles. The maximum absolute atomic E-state index is 12.0. The minimum Gasteiger partial charge on any atom is -0.497 e. The third-order valence-corrected chi connectivity index (χ3v) is 5.69. The van der Waals surface area contributed by atoms with Crippen molar-refractivity contribution in [3.63, 3.8) is 0 Å². The number of hydrogen-bond donors (Lipinski definition) is 1. The van der Waals surface area contributed by atoms with Crippen molar-refractivity contribution < 1.29 is 17.9 Å². The molecule has 26 heavy (non-hydrogen) atoms. The van der Waals surface area contributed by atoms with Gasteiger partial charge in [-0.2, -0.15) is 0 Å². The maximum atomic E-state index is 12.0. The normalized spacial score (nSPS) is 17.2. The molecule has 1 heterocycles. The van der Waals surface area contributed by atoms with E-state index >= 15 is 0 Å². The molecule has 7 heteroatoms. The van der Waals surface area contributed by atoms with Crippen LogP contribution in [0.15, 0.2) is 47.4 Å². The summed E-state index contributed by atoms with van der Waals surface area (Å²) in [5, 5.41) is 3.39. The Morgan fingerprint density at radius 2 is 1.73 bits per heavy atom. The van der Waals surface area contributed by atoms with Crippen molar-refractivity contribution in [2.24, 2.45) is 0 Å². The first-order chi connectivity index (χ1) is 12.4. The van der Waals surface area contributed by atoms with Gasteiger partial charge in [0.1, 0.15) is 11.5 Å². The van der Waals surface area contributed by atoms with Gasteiger partial charge in [-0.3, -0.25) is 0 Å². The monoisotopic (exact) mass is 376 g/mol. The van der Waals surface area contributed by atoms with E-state index in [2.05, 4.69) is 10.2 Å². The summed E-state index contributed by atoms with van der Waals surface area (Å²) in [5.41, 5.74) is 1.69. The molecule has 1 aliphatic rings. The second-order valence-corrected chi connectivity index (χ2v) is 8.40. The highest BCUT2D eigenvalue weighted by molar-refractivity contribution is 7.90. The van der Waals surface area contributed by atoms with Gasteiger partial charge in [0.2, 0.25) is 0 Å². The third kappa shape index (κ3) is 4.04. The summed E-state index contributed by atoms with van der Waals surface area (Å²) >= 11 is 0. The summed E-state index contributed by atoms with van der Waals surface area (Å²) in [6.07, 6.45) is 2.15. The zero-order valence-corrected chi connectivity index (χ0v) is 16.0. The molecule has 6 nitrogen and oxygen atoms in total. The van der Waals surface area contributed by atoms with Crippen LogP contribution in [-0.2, 0) is 9.84 Å². The van der Waals surface area contributed by atoms with Gasteiger partial charge in [-0.05, 0) is 18.6 Å². The summed E-state index contributed by atoms with van der Waals surface area (Å²) in [6.45, 7) is 1.64. The van der Waals surface area contributed by atoms with Gasteiger partial charge in [-0.1, -0.05) is 12.1 Å². The lowest BCUT2D eigenvalue weighted by Crippen LogP contribution is -2.26. The fourth-order valence-corrected chi connectivity index (χ4v) is 4.07. The van der Waals surface area contributed by atoms with Crippen LogP contribution in [0.2, 0.25) is 0 Å². The third-order valence-electron chi connectivity index (χ3n) is 4.54. The second-order valence-electron chi connectivity index (χ2n) is 6.42. The van der Waals surface area contributed by atoms with Gasteiger partial charge in [-0.25, -0.2) is 8.42 Å². The molecule has 1 atom stereocenters. The smallest absolute Gasteiger partial charge is 0.177 e. The lowest BCUT2D eigenvalue weighted by molar-refractivity contribution is 0.394. The molecule has 1 fully saturated rings. The Bertz CT molecular complexity index is 861. The largest absolute Gasteiger partial charge is 0.497 e. The van der Waals surface area contributed by atoms with Crippen LogP contribution in [0.1, 0.15) is 6.42 Å². The molecule has 1 N–H and O–H groups in total. The van der Waals surface area contributed by atoms with E-state index in [1.807, 2.05) is 30.3 Å². The van der Waals surface area contributed by atoms with Crippen LogP contribution >= 0.6 is 0 Å². The average Bonchev–Trinajstić information content (AvgIpc) is 3.09. The number of nitrogens with zero attached hydrogens (tertiary/aromatic N) is 1. The molecule has 0 aliphatic carbocycles. The molecular weight excluding hydrogens is 352 g/mol. The molecule has 1 unspecified atom stereocenters. The SMILES string of the molecule is COc1cc(OC)cc(N2CCC(Nc3ccccc3S(C)(=O)=O)C2)c1. The van der Waals surface area contributed by atoms with Gasteiger partial charge < -0.3 is 19.7 Å². The van der Waals surface area contributed by atoms with Crippen LogP contribution in [0, 0.1) is 0 Å². The number of methoxy groups -OCH3 is 2. The summed E-state index contributed by atoms with van der Waals surface area (Å²) < 4.78 is 34.6. The zero-order chi connectivity index (χ0) is 18.7. The molecule has 1 aliphatic heterocycles. The lowest BCUT2D eigenvalue weighted by Gasteiger charge is -2.21. The van der Waals surface area contributed by atoms with E-state index in [0.29, 0.717) is 10.6 Å². The minimum absolute atomic E-state index is 0.162. The van der Waals surface area contributed by atoms with Crippen LogP contribution in [0.25, 0.3) is 0 Å². The number of sulfone groups is 1. The molecule has 0 amide bonds. The Kier molecular flexibility index (Phi) is 5.27. The second kappa shape index (κ2) is 7.45. The Hall–Kier alpha value is -2.41. The molecule has 0 radical (unpaired) electrons. The summed E-state index contributed by atoms with van der Waals surface area (Å²) in [7, 11) is -0.000117. The molecule has 2 aromatic rings. The number of nitrogens with one attached hydrogen (secondary N) is 1. The number of ether oxygens (including phenoxy) is 2. The van der Waals surface area contributed by atoms with Crippen molar-refractivity contribution in [1.82, 2.24) is 0 Å². The molecule has 140 valence electrons.